The van der Waals surface area contributed by atoms with Gasteiger partial charge in [-0.15, -0.1) is 0 Å². The van der Waals surface area contributed by atoms with Gasteiger partial charge in [-0.2, -0.15) is 0 Å². The molecule has 1 aliphatic heterocycles. The van der Waals surface area contributed by atoms with E-state index in [0.717, 1.165) is 0 Å². The fourth-order valence-corrected chi connectivity index (χ4v) is 3.22. The van der Waals surface area contributed by atoms with Crippen LogP contribution in [0.4, 0.5) is 0 Å². The van der Waals surface area contributed by atoms with Gasteiger partial charge in [-0.05, 0) is 49.4 Å². The molecule has 0 spiro atoms. The van der Waals surface area contributed by atoms with Crippen LogP contribution in [0.2, 0.25) is 0 Å². The number of likely N-dealkylation sites (tertiary alicyclic amines) is 1. The molecule has 20 heavy (non-hydrogen) atoms. The van der Waals surface area contributed by atoms with Gasteiger partial charge in [0.05, 0.1) is 0 Å². The van der Waals surface area contributed by atoms with Gasteiger partial charge in [-0.1, -0.05) is 51.5 Å². The standard InChI is InChI=1S/C18H30N2/c1-14(19)17(20-12-6-5-7-13-20)15-8-10-16(11-9-15)18(2,3)4/h8-11,14,17H,5-7,12-13,19H2,1-4H3. The van der Waals surface area contributed by atoms with E-state index >= 15 is 0 Å². The van der Waals surface area contributed by atoms with Crippen molar-refractivity contribution in [2.75, 3.05) is 13.1 Å². The second-order valence-electron chi connectivity index (χ2n) is 7.27. The zero-order valence-corrected chi connectivity index (χ0v) is 13.5. The van der Waals surface area contributed by atoms with E-state index in [0.29, 0.717) is 6.04 Å². The van der Waals surface area contributed by atoms with Crippen molar-refractivity contribution >= 4 is 0 Å². The maximum absolute atomic E-state index is 6.28. The summed E-state index contributed by atoms with van der Waals surface area (Å²) in [5.74, 6) is 0. The summed E-state index contributed by atoms with van der Waals surface area (Å²) in [6, 6.07) is 9.65. The van der Waals surface area contributed by atoms with Gasteiger partial charge in [0.15, 0.2) is 0 Å². The largest absolute Gasteiger partial charge is 0.326 e. The predicted octanol–water partition coefficient (Wildman–Crippen LogP) is 3.86. The van der Waals surface area contributed by atoms with Gasteiger partial charge in [0.25, 0.3) is 0 Å². The zero-order valence-electron chi connectivity index (χ0n) is 13.5. The molecule has 2 N–H and O–H groups in total. The third-order valence-corrected chi connectivity index (χ3v) is 4.40. The maximum Gasteiger partial charge on any atom is 0.0496 e. The number of nitrogens with two attached hydrogens (primary N) is 1. The zero-order chi connectivity index (χ0) is 14.8. The Morgan fingerprint density at radius 3 is 2.00 bits per heavy atom. The Morgan fingerprint density at radius 2 is 1.55 bits per heavy atom. The second kappa shape index (κ2) is 6.28. The summed E-state index contributed by atoms with van der Waals surface area (Å²) < 4.78 is 0. The van der Waals surface area contributed by atoms with E-state index in [1.54, 1.807) is 0 Å². The fourth-order valence-electron chi connectivity index (χ4n) is 3.22. The molecular weight excluding hydrogens is 244 g/mol. The monoisotopic (exact) mass is 274 g/mol. The Morgan fingerprint density at radius 1 is 1.00 bits per heavy atom. The van der Waals surface area contributed by atoms with Gasteiger partial charge < -0.3 is 5.73 Å². The Bertz CT molecular complexity index is 408. The molecule has 112 valence electrons. The van der Waals surface area contributed by atoms with Crippen molar-refractivity contribution < 1.29 is 0 Å². The third-order valence-electron chi connectivity index (χ3n) is 4.40. The third kappa shape index (κ3) is 3.62. The lowest BCUT2D eigenvalue weighted by Crippen LogP contribution is -2.42. The normalized spacial score (nSPS) is 20.6. The molecule has 1 heterocycles. The van der Waals surface area contributed by atoms with Crippen molar-refractivity contribution in [3.05, 3.63) is 35.4 Å². The number of nitrogens with zero attached hydrogens (tertiary/aromatic N) is 1. The molecule has 0 amide bonds. The van der Waals surface area contributed by atoms with Crippen LogP contribution in [0, 0.1) is 0 Å². The Kier molecular flexibility index (Phi) is 4.87. The van der Waals surface area contributed by atoms with Crippen LogP contribution < -0.4 is 5.73 Å². The molecule has 1 aromatic rings. The van der Waals surface area contributed by atoms with Gasteiger partial charge in [0.2, 0.25) is 0 Å². The number of hydrogen-bond donors (Lipinski definition) is 1. The quantitative estimate of drug-likeness (QED) is 0.907. The van der Waals surface area contributed by atoms with Crippen LogP contribution in [0.3, 0.4) is 0 Å². The summed E-state index contributed by atoms with van der Waals surface area (Å²) in [4.78, 5) is 2.57. The van der Waals surface area contributed by atoms with E-state index in [1.165, 1.54) is 43.5 Å². The van der Waals surface area contributed by atoms with Crippen LogP contribution in [-0.4, -0.2) is 24.0 Å². The molecule has 1 saturated heterocycles. The van der Waals surface area contributed by atoms with E-state index in [4.69, 9.17) is 5.73 Å². The minimum absolute atomic E-state index is 0.175. The lowest BCUT2D eigenvalue weighted by molar-refractivity contribution is 0.146. The molecule has 2 rings (SSSR count). The van der Waals surface area contributed by atoms with Gasteiger partial charge in [-0.25, -0.2) is 0 Å². The highest BCUT2D eigenvalue weighted by Crippen LogP contribution is 2.29. The van der Waals surface area contributed by atoms with Crippen LogP contribution in [-0.2, 0) is 5.41 Å². The van der Waals surface area contributed by atoms with Gasteiger partial charge in [0.1, 0.15) is 0 Å². The minimum atomic E-state index is 0.175. The molecule has 2 atom stereocenters. The van der Waals surface area contributed by atoms with Crippen molar-refractivity contribution in [2.24, 2.45) is 5.73 Å². The lowest BCUT2D eigenvalue weighted by atomic mass is 9.85. The maximum atomic E-state index is 6.28. The summed E-state index contributed by atoms with van der Waals surface area (Å²) in [5.41, 5.74) is 9.26. The SMILES string of the molecule is CC(N)C(c1ccc(C(C)(C)C)cc1)N1CCCCC1. The van der Waals surface area contributed by atoms with E-state index in [9.17, 15) is 0 Å². The molecule has 2 nitrogen and oxygen atoms in total. The molecule has 0 radical (unpaired) electrons. The van der Waals surface area contributed by atoms with Crippen LogP contribution >= 0.6 is 0 Å². The molecule has 0 aromatic heterocycles. The van der Waals surface area contributed by atoms with Gasteiger partial charge in [0, 0.05) is 12.1 Å². The predicted molar refractivity (Wildman–Crippen MR) is 87.0 cm³/mol. The topological polar surface area (TPSA) is 29.3 Å². The van der Waals surface area contributed by atoms with E-state index in [-0.39, 0.29) is 11.5 Å². The molecule has 0 aliphatic carbocycles. The summed E-state index contributed by atoms with van der Waals surface area (Å²) in [7, 11) is 0. The van der Waals surface area contributed by atoms with Crippen molar-refractivity contribution in [3.63, 3.8) is 0 Å². The van der Waals surface area contributed by atoms with E-state index in [1.807, 2.05) is 0 Å². The van der Waals surface area contributed by atoms with Gasteiger partial charge >= 0.3 is 0 Å². The molecule has 1 fully saturated rings. The first kappa shape index (κ1) is 15.5. The average molecular weight is 274 g/mol. The first-order valence-corrected chi connectivity index (χ1v) is 7.99. The minimum Gasteiger partial charge on any atom is -0.326 e. The second-order valence-corrected chi connectivity index (χ2v) is 7.27. The number of benzene rings is 1. The Hall–Kier alpha value is -0.860. The Balaban J connectivity index is 2.21. The van der Waals surface area contributed by atoms with Crippen LogP contribution in [0.5, 0.6) is 0 Å². The first-order valence-electron chi connectivity index (χ1n) is 7.99. The highest BCUT2D eigenvalue weighted by Gasteiger charge is 2.25. The van der Waals surface area contributed by atoms with E-state index in [2.05, 4.69) is 56.9 Å². The number of piperidine rings is 1. The van der Waals surface area contributed by atoms with Crippen molar-refractivity contribution in [2.45, 2.75) is 64.5 Å². The smallest absolute Gasteiger partial charge is 0.0496 e. The molecule has 0 saturated carbocycles. The summed E-state index contributed by atoms with van der Waals surface area (Å²) in [6.07, 6.45) is 3.98. The average Bonchev–Trinajstić information content (AvgIpc) is 2.39. The summed E-state index contributed by atoms with van der Waals surface area (Å²) >= 11 is 0. The highest BCUT2D eigenvalue weighted by molar-refractivity contribution is 5.30. The molecule has 1 aromatic carbocycles. The number of hydrogen-bond acceptors (Lipinski definition) is 2. The summed E-state index contributed by atoms with van der Waals surface area (Å²) in [6.45, 7) is 11.3. The van der Waals surface area contributed by atoms with E-state index < -0.39 is 0 Å². The van der Waals surface area contributed by atoms with Crippen LogP contribution in [0.15, 0.2) is 24.3 Å². The fraction of sp³-hybridized carbons (Fsp3) is 0.667. The van der Waals surface area contributed by atoms with Crippen molar-refractivity contribution in [1.82, 2.24) is 4.90 Å². The lowest BCUT2D eigenvalue weighted by Gasteiger charge is -2.37. The van der Waals surface area contributed by atoms with Crippen molar-refractivity contribution in [1.29, 1.82) is 0 Å². The molecule has 2 unspecified atom stereocenters. The molecule has 1 aliphatic rings. The van der Waals surface area contributed by atoms with Crippen molar-refractivity contribution in [3.8, 4) is 0 Å². The first-order chi connectivity index (χ1) is 9.39. The highest BCUT2D eigenvalue weighted by atomic mass is 15.2. The summed E-state index contributed by atoms with van der Waals surface area (Å²) in [5, 5.41) is 0. The van der Waals surface area contributed by atoms with Crippen LogP contribution in [0.25, 0.3) is 0 Å². The molecule has 0 bridgehead atoms. The molecule has 2 heteroatoms. The Labute approximate surface area is 124 Å². The van der Waals surface area contributed by atoms with Crippen LogP contribution in [0.1, 0.15) is 64.1 Å². The molecular formula is C18H30N2. The number of rotatable bonds is 3. The van der Waals surface area contributed by atoms with Gasteiger partial charge in [-0.3, -0.25) is 4.90 Å².